The van der Waals surface area contributed by atoms with Crippen LogP contribution in [-0.4, -0.2) is 94.8 Å². The molecule has 2 aromatic carbocycles. The highest BCUT2D eigenvalue weighted by molar-refractivity contribution is 6.30. The van der Waals surface area contributed by atoms with Crippen molar-refractivity contribution in [3.8, 4) is 5.75 Å². The summed E-state index contributed by atoms with van der Waals surface area (Å²) in [6.07, 6.45) is 3.79. The van der Waals surface area contributed by atoms with E-state index < -0.39 is 6.04 Å². The molecule has 2 saturated heterocycles. The molecule has 2 fully saturated rings. The van der Waals surface area contributed by atoms with E-state index in [1.807, 2.05) is 53.3 Å². The first-order valence-corrected chi connectivity index (χ1v) is 15.2. The number of fused-ring (bicyclic) bond motifs is 4. The minimum atomic E-state index is -0.700. The van der Waals surface area contributed by atoms with E-state index >= 15 is 0 Å². The van der Waals surface area contributed by atoms with Crippen LogP contribution in [0.25, 0.3) is 0 Å². The van der Waals surface area contributed by atoms with E-state index in [1.54, 1.807) is 18.1 Å². The Bertz CT molecular complexity index is 1430. The number of methoxy groups -OCH3 is 1. The van der Waals surface area contributed by atoms with Crippen molar-refractivity contribution in [2.75, 3.05) is 39.9 Å². The molecule has 6 rings (SSSR count). The van der Waals surface area contributed by atoms with E-state index in [9.17, 15) is 9.59 Å². The van der Waals surface area contributed by atoms with Gasteiger partial charge in [0.2, 0.25) is 5.91 Å². The van der Waals surface area contributed by atoms with Gasteiger partial charge in [0.25, 0.3) is 5.91 Å². The molecule has 0 spiro atoms. The molecule has 4 atom stereocenters. The molecule has 11 nitrogen and oxygen atoms in total. The smallest absolute Gasteiger partial charge is 0.258 e. The van der Waals surface area contributed by atoms with E-state index in [-0.39, 0.29) is 36.6 Å². The van der Waals surface area contributed by atoms with Crippen LogP contribution in [0.4, 0.5) is 0 Å². The minimum Gasteiger partial charge on any atom is -0.493 e. The summed E-state index contributed by atoms with van der Waals surface area (Å²) >= 11 is 6.23. The normalized spacial score (nSPS) is 25.2. The molecule has 3 aliphatic rings. The first-order chi connectivity index (χ1) is 21.0. The number of rotatable bonds is 5. The summed E-state index contributed by atoms with van der Waals surface area (Å²) in [5, 5.41) is 12.4. The number of amides is 2. The summed E-state index contributed by atoms with van der Waals surface area (Å²) in [6, 6.07) is 14.2. The van der Waals surface area contributed by atoms with Crippen LogP contribution < -0.4 is 10.1 Å². The highest BCUT2D eigenvalue weighted by atomic mass is 35.5. The van der Waals surface area contributed by atoms with E-state index in [0.717, 1.165) is 24.1 Å². The van der Waals surface area contributed by atoms with Crippen LogP contribution in [0.5, 0.6) is 5.75 Å². The SMILES string of the molecule is COCc1cn([C@@H]2CC[C@H]3CCOc4ccccc4C(=O)N4CCN(Cc5cccc(Cl)c5)C[C@H]4C(=O)NC[C@H]2O3)nn1. The lowest BCUT2D eigenvalue weighted by Crippen LogP contribution is -2.61. The van der Waals surface area contributed by atoms with Gasteiger partial charge in [-0.2, -0.15) is 0 Å². The molecule has 3 aliphatic heterocycles. The maximum atomic E-state index is 14.0. The average Bonchev–Trinajstić information content (AvgIpc) is 3.48. The number of piperazine rings is 1. The van der Waals surface area contributed by atoms with Gasteiger partial charge in [0.05, 0.1) is 43.2 Å². The molecular weight excluding hydrogens is 572 g/mol. The topological polar surface area (TPSA) is 111 Å². The number of aromatic nitrogens is 3. The van der Waals surface area contributed by atoms with Gasteiger partial charge in [-0.1, -0.05) is 41.1 Å². The minimum absolute atomic E-state index is 0.0507. The summed E-state index contributed by atoms with van der Waals surface area (Å²) in [5.74, 6) is 0.0872. The van der Waals surface area contributed by atoms with Gasteiger partial charge in [-0.3, -0.25) is 14.5 Å². The second-order valence-electron chi connectivity index (χ2n) is 11.3. The zero-order chi connectivity index (χ0) is 29.8. The molecule has 0 radical (unpaired) electrons. The molecule has 12 heteroatoms. The lowest BCUT2D eigenvalue weighted by Gasteiger charge is -2.41. The van der Waals surface area contributed by atoms with E-state index in [4.69, 9.17) is 25.8 Å². The molecule has 1 aromatic heterocycles. The first-order valence-electron chi connectivity index (χ1n) is 14.8. The van der Waals surface area contributed by atoms with E-state index in [2.05, 4.69) is 20.5 Å². The van der Waals surface area contributed by atoms with Crippen molar-refractivity contribution in [3.63, 3.8) is 0 Å². The monoisotopic (exact) mass is 608 g/mol. The Kier molecular flexibility index (Phi) is 9.22. The fraction of sp³-hybridized carbons (Fsp3) is 0.484. The number of ether oxygens (including phenoxy) is 3. The van der Waals surface area contributed by atoms with Gasteiger partial charge in [0, 0.05) is 51.3 Å². The molecule has 3 aromatic rings. The fourth-order valence-corrected chi connectivity index (χ4v) is 6.44. The number of hydrogen-bond acceptors (Lipinski definition) is 8. The number of benzene rings is 2. The van der Waals surface area contributed by atoms with E-state index in [1.165, 1.54) is 0 Å². The molecule has 4 heterocycles. The summed E-state index contributed by atoms with van der Waals surface area (Å²) in [6.45, 7) is 3.09. The second kappa shape index (κ2) is 13.4. The Labute approximate surface area is 256 Å². The fourth-order valence-electron chi connectivity index (χ4n) is 6.22. The molecule has 0 aliphatic carbocycles. The Balaban J connectivity index is 1.27. The standard InChI is InChI=1S/C31H37ClN6O5/c1-41-20-23-18-38(35-34-23)26-10-9-24-11-14-42-28-8-3-2-7-25(28)31(40)37-13-12-36(17-21-5-4-6-22(32)15-21)19-27(37)30(39)33-16-29(26)43-24/h2-8,15,18,24,26-27,29H,9-14,16-17,19-20H2,1H3,(H,33,39)/t24-,26+,27-,29+/m0/s1. The number of halogens is 1. The highest BCUT2D eigenvalue weighted by Gasteiger charge is 2.39. The zero-order valence-electron chi connectivity index (χ0n) is 24.2. The molecule has 2 bridgehead atoms. The molecule has 228 valence electrons. The number of nitrogens with zero attached hydrogens (tertiary/aromatic N) is 5. The maximum absolute atomic E-state index is 14.0. The summed E-state index contributed by atoms with van der Waals surface area (Å²) in [5.41, 5.74) is 2.25. The highest BCUT2D eigenvalue weighted by Crippen LogP contribution is 2.31. The molecule has 2 amide bonds. The summed E-state index contributed by atoms with van der Waals surface area (Å²) in [7, 11) is 1.62. The van der Waals surface area contributed by atoms with Crippen molar-refractivity contribution in [1.82, 2.24) is 30.1 Å². The van der Waals surface area contributed by atoms with Gasteiger partial charge >= 0.3 is 0 Å². The Morgan fingerprint density at radius 3 is 2.84 bits per heavy atom. The van der Waals surface area contributed by atoms with Crippen LogP contribution in [0.3, 0.4) is 0 Å². The van der Waals surface area contributed by atoms with Crippen LogP contribution in [0.1, 0.15) is 46.9 Å². The quantitative estimate of drug-likeness (QED) is 0.471. The predicted molar refractivity (Wildman–Crippen MR) is 159 cm³/mol. The maximum Gasteiger partial charge on any atom is 0.258 e. The molecule has 43 heavy (non-hydrogen) atoms. The molecular formula is C31H37ClN6O5. The third-order valence-electron chi connectivity index (χ3n) is 8.39. The first kappa shape index (κ1) is 29.6. The van der Waals surface area contributed by atoms with Crippen molar-refractivity contribution in [2.24, 2.45) is 0 Å². The van der Waals surface area contributed by atoms with Gasteiger partial charge in [0.1, 0.15) is 17.5 Å². The number of hydrogen-bond donors (Lipinski definition) is 1. The van der Waals surface area contributed by atoms with Crippen molar-refractivity contribution < 1.29 is 23.8 Å². The summed E-state index contributed by atoms with van der Waals surface area (Å²) in [4.78, 5) is 31.8. The Morgan fingerprint density at radius 1 is 1.09 bits per heavy atom. The van der Waals surface area contributed by atoms with E-state index in [0.29, 0.717) is 62.1 Å². The average molecular weight is 609 g/mol. The van der Waals surface area contributed by atoms with Crippen LogP contribution in [-0.2, 0) is 27.4 Å². The Hall–Kier alpha value is -3.51. The van der Waals surface area contributed by atoms with Crippen molar-refractivity contribution in [3.05, 3.63) is 76.6 Å². The lowest BCUT2D eigenvalue weighted by atomic mass is 9.96. The molecule has 1 N–H and O–H groups in total. The third kappa shape index (κ3) is 6.85. The van der Waals surface area contributed by atoms with Crippen molar-refractivity contribution in [2.45, 2.75) is 56.7 Å². The largest absolute Gasteiger partial charge is 0.493 e. The van der Waals surface area contributed by atoms with Crippen LogP contribution >= 0.6 is 11.6 Å². The Morgan fingerprint density at radius 2 is 1.98 bits per heavy atom. The van der Waals surface area contributed by atoms with Crippen LogP contribution in [0, 0.1) is 0 Å². The lowest BCUT2D eigenvalue weighted by molar-refractivity contribution is -0.130. The number of para-hydroxylation sites is 1. The summed E-state index contributed by atoms with van der Waals surface area (Å²) < 4.78 is 19.7. The van der Waals surface area contributed by atoms with Crippen LogP contribution in [0.2, 0.25) is 5.02 Å². The van der Waals surface area contributed by atoms with Gasteiger partial charge in [0.15, 0.2) is 0 Å². The van der Waals surface area contributed by atoms with Crippen molar-refractivity contribution >= 4 is 23.4 Å². The predicted octanol–water partition coefficient (Wildman–Crippen LogP) is 3.09. The number of carbonyl (C=O) groups is 2. The third-order valence-corrected chi connectivity index (χ3v) is 8.62. The number of nitrogens with one attached hydrogen (secondary N) is 1. The molecule has 0 unspecified atom stereocenters. The van der Waals surface area contributed by atoms with Gasteiger partial charge in [-0.25, -0.2) is 4.68 Å². The van der Waals surface area contributed by atoms with Gasteiger partial charge in [-0.05, 0) is 42.7 Å². The zero-order valence-corrected chi connectivity index (χ0v) is 25.0. The number of carbonyl (C=O) groups excluding carboxylic acids is 2. The second-order valence-corrected chi connectivity index (χ2v) is 11.8. The van der Waals surface area contributed by atoms with Gasteiger partial charge < -0.3 is 24.4 Å². The van der Waals surface area contributed by atoms with Crippen LogP contribution in [0.15, 0.2) is 54.7 Å². The molecule has 0 saturated carbocycles. The van der Waals surface area contributed by atoms with Crippen molar-refractivity contribution in [1.29, 1.82) is 0 Å². The van der Waals surface area contributed by atoms with Gasteiger partial charge in [-0.15, -0.1) is 5.10 Å².